The van der Waals surface area contributed by atoms with Crippen LogP contribution in [0.5, 0.6) is 5.75 Å². The van der Waals surface area contributed by atoms with E-state index >= 15 is 0 Å². The van der Waals surface area contributed by atoms with Gasteiger partial charge < -0.3 is 15.4 Å². The third-order valence-corrected chi connectivity index (χ3v) is 4.76. The van der Waals surface area contributed by atoms with E-state index in [9.17, 15) is 0 Å². The molecule has 0 amide bonds. The summed E-state index contributed by atoms with van der Waals surface area (Å²) in [6.07, 6.45) is 0. The minimum atomic E-state index is 0.542. The molecule has 0 saturated carbocycles. The molecule has 1 aliphatic heterocycles. The van der Waals surface area contributed by atoms with Gasteiger partial charge in [0.1, 0.15) is 12.4 Å². The lowest BCUT2D eigenvalue weighted by molar-refractivity contribution is 0.304. The molecule has 23 heavy (non-hydrogen) atoms. The van der Waals surface area contributed by atoms with E-state index in [0.717, 1.165) is 47.9 Å². The van der Waals surface area contributed by atoms with Gasteiger partial charge in [0.25, 0.3) is 0 Å². The van der Waals surface area contributed by atoms with Crippen molar-refractivity contribution >= 4 is 27.5 Å². The van der Waals surface area contributed by atoms with Gasteiger partial charge in [0.2, 0.25) is 0 Å². The van der Waals surface area contributed by atoms with Gasteiger partial charge in [0.15, 0.2) is 0 Å². The first-order chi connectivity index (χ1) is 11.2. The standard InChI is InChI=1S/C18H20BrClN2O/c19-17-7-16(20)4-5-18(17)23-12-14-3-1-2-13(6-14)8-21-9-15-10-22-11-15/h1-7,15,21-22H,8-12H2. The summed E-state index contributed by atoms with van der Waals surface area (Å²) in [5.74, 6) is 1.58. The van der Waals surface area contributed by atoms with E-state index in [-0.39, 0.29) is 0 Å². The molecule has 3 rings (SSSR count). The third-order valence-electron chi connectivity index (χ3n) is 3.91. The SMILES string of the molecule is Clc1ccc(OCc2cccc(CNCC3CNC3)c2)c(Br)c1. The first kappa shape index (κ1) is 16.8. The number of ether oxygens (including phenoxy) is 1. The molecule has 0 spiro atoms. The van der Waals surface area contributed by atoms with Crippen molar-refractivity contribution in [2.24, 2.45) is 5.92 Å². The lowest BCUT2D eigenvalue weighted by Gasteiger charge is -2.27. The maximum absolute atomic E-state index is 5.94. The molecule has 2 aromatic carbocycles. The minimum absolute atomic E-state index is 0.542. The van der Waals surface area contributed by atoms with Crippen LogP contribution < -0.4 is 15.4 Å². The first-order valence-corrected chi connectivity index (χ1v) is 8.95. The van der Waals surface area contributed by atoms with Crippen LogP contribution in [0.2, 0.25) is 5.02 Å². The molecule has 5 heteroatoms. The Morgan fingerprint density at radius 3 is 2.74 bits per heavy atom. The fourth-order valence-corrected chi connectivity index (χ4v) is 3.29. The lowest BCUT2D eigenvalue weighted by atomic mass is 10.0. The Kier molecular flexibility index (Phi) is 5.95. The van der Waals surface area contributed by atoms with Gasteiger partial charge in [-0.1, -0.05) is 35.9 Å². The third kappa shape index (κ3) is 4.95. The lowest BCUT2D eigenvalue weighted by Crippen LogP contribution is -2.47. The Balaban J connectivity index is 1.52. The fourth-order valence-electron chi connectivity index (χ4n) is 2.50. The van der Waals surface area contributed by atoms with Gasteiger partial charge >= 0.3 is 0 Å². The molecule has 0 bridgehead atoms. The van der Waals surface area contributed by atoms with Gasteiger partial charge in [-0.15, -0.1) is 0 Å². The molecule has 2 aromatic rings. The van der Waals surface area contributed by atoms with Crippen LogP contribution in [-0.4, -0.2) is 19.6 Å². The maximum atomic E-state index is 5.94. The molecule has 3 nitrogen and oxygen atoms in total. The molecule has 1 aliphatic rings. The second-order valence-electron chi connectivity index (χ2n) is 5.84. The zero-order chi connectivity index (χ0) is 16.1. The molecule has 0 aliphatic carbocycles. The van der Waals surface area contributed by atoms with Crippen LogP contribution in [0.3, 0.4) is 0 Å². The van der Waals surface area contributed by atoms with Gasteiger partial charge in [-0.2, -0.15) is 0 Å². The van der Waals surface area contributed by atoms with Crippen LogP contribution in [0.15, 0.2) is 46.9 Å². The second kappa shape index (κ2) is 8.15. The predicted molar refractivity (Wildman–Crippen MR) is 98.0 cm³/mol. The minimum Gasteiger partial charge on any atom is -0.488 e. The van der Waals surface area contributed by atoms with E-state index in [1.54, 1.807) is 0 Å². The van der Waals surface area contributed by atoms with Crippen LogP contribution in [-0.2, 0) is 13.2 Å². The molecule has 122 valence electrons. The van der Waals surface area contributed by atoms with Crippen LogP contribution in [0.4, 0.5) is 0 Å². The molecule has 1 fully saturated rings. The Morgan fingerprint density at radius 1 is 1.17 bits per heavy atom. The summed E-state index contributed by atoms with van der Waals surface area (Å²) in [5.41, 5.74) is 2.45. The molecule has 0 radical (unpaired) electrons. The Hall–Kier alpha value is -1.07. The molecule has 1 heterocycles. The van der Waals surface area contributed by atoms with Crippen LogP contribution in [0.1, 0.15) is 11.1 Å². The summed E-state index contributed by atoms with van der Waals surface area (Å²) in [7, 11) is 0. The van der Waals surface area contributed by atoms with E-state index in [1.165, 1.54) is 5.56 Å². The highest BCUT2D eigenvalue weighted by Gasteiger charge is 2.15. The normalized spacial score (nSPS) is 14.5. The Morgan fingerprint density at radius 2 is 2.00 bits per heavy atom. The van der Waals surface area contributed by atoms with Crippen molar-refractivity contribution in [2.75, 3.05) is 19.6 Å². The fraction of sp³-hybridized carbons (Fsp3) is 0.333. The van der Waals surface area contributed by atoms with Crippen molar-refractivity contribution < 1.29 is 4.74 Å². The molecule has 2 N–H and O–H groups in total. The number of rotatable bonds is 7. The van der Waals surface area contributed by atoms with E-state index in [1.807, 2.05) is 18.2 Å². The topological polar surface area (TPSA) is 33.3 Å². The van der Waals surface area contributed by atoms with Crippen molar-refractivity contribution in [3.63, 3.8) is 0 Å². The zero-order valence-electron chi connectivity index (χ0n) is 12.8. The highest BCUT2D eigenvalue weighted by molar-refractivity contribution is 9.10. The number of benzene rings is 2. The van der Waals surface area contributed by atoms with Gasteiger partial charge in [-0.05, 0) is 51.2 Å². The van der Waals surface area contributed by atoms with Crippen molar-refractivity contribution in [1.82, 2.24) is 10.6 Å². The number of halogens is 2. The van der Waals surface area contributed by atoms with Crippen molar-refractivity contribution in [3.05, 3.63) is 63.1 Å². The molecule has 1 saturated heterocycles. The van der Waals surface area contributed by atoms with E-state index in [4.69, 9.17) is 16.3 Å². The van der Waals surface area contributed by atoms with Gasteiger partial charge in [0.05, 0.1) is 4.47 Å². The molecule has 0 aromatic heterocycles. The number of hydrogen-bond acceptors (Lipinski definition) is 3. The smallest absolute Gasteiger partial charge is 0.134 e. The zero-order valence-corrected chi connectivity index (χ0v) is 15.2. The average molecular weight is 396 g/mol. The van der Waals surface area contributed by atoms with Crippen molar-refractivity contribution in [2.45, 2.75) is 13.2 Å². The summed E-state index contributed by atoms with van der Waals surface area (Å²) in [6.45, 7) is 4.79. The van der Waals surface area contributed by atoms with Crippen molar-refractivity contribution in [1.29, 1.82) is 0 Å². The van der Waals surface area contributed by atoms with Gasteiger partial charge in [-0.25, -0.2) is 0 Å². The van der Waals surface area contributed by atoms with Crippen molar-refractivity contribution in [3.8, 4) is 5.75 Å². The highest BCUT2D eigenvalue weighted by Crippen LogP contribution is 2.28. The summed E-state index contributed by atoms with van der Waals surface area (Å²) in [5, 5.41) is 7.50. The Labute approximate surface area is 150 Å². The summed E-state index contributed by atoms with van der Waals surface area (Å²) >= 11 is 9.41. The highest BCUT2D eigenvalue weighted by atomic mass is 79.9. The summed E-state index contributed by atoms with van der Waals surface area (Å²) in [6, 6.07) is 14.1. The first-order valence-electron chi connectivity index (χ1n) is 7.78. The number of hydrogen-bond donors (Lipinski definition) is 2. The van der Waals surface area contributed by atoms with E-state index < -0.39 is 0 Å². The monoisotopic (exact) mass is 394 g/mol. The van der Waals surface area contributed by atoms with Crippen LogP contribution >= 0.6 is 27.5 Å². The molecular weight excluding hydrogens is 376 g/mol. The molecule has 0 unspecified atom stereocenters. The maximum Gasteiger partial charge on any atom is 0.134 e. The van der Waals surface area contributed by atoms with Crippen LogP contribution in [0, 0.1) is 5.92 Å². The molecular formula is C18H20BrClN2O. The van der Waals surface area contributed by atoms with Crippen LogP contribution in [0.25, 0.3) is 0 Å². The largest absolute Gasteiger partial charge is 0.488 e. The summed E-state index contributed by atoms with van der Waals surface area (Å²) in [4.78, 5) is 0. The predicted octanol–water partition coefficient (Wildman–Crippen LogP) is 3.99. The quantitative estimate of drug-likeness (QED) is 0.744. The van der Waals surface area contributed by atoms with E-state index in [0.29, 0.717) is 11.6 Å². The Bertz CT molecular complexity index is 661. The average Bonchev–Trinajstić information content (AvgIpc) is 2.49. The molecule has 0 atom stereocenters. The van der Waals surface area contributed by atoms with E-state index in [2.05, 4.69) is 50.8 Å². The summed E-state index contributed by atoms with van der Waals surface area (Å²) < 4.78 is 6.74. The second-order valence-corrected chi connectivity index (χ2v) is 7.13. The van der Waals surface area contributed by atoms with Gasteiger partial charge in [0, 0.05) is 31.2 Å². The number of nitrogens with one attached hydrogen (secondary N) is 2. The van der Waals surface area contributed by atoms with Gasteiger partial charge in [-0.3, -0.25) is 0 Å².